The van der Waals surface area contributed by atoms with Gasteiger partial charge in [-0.3, -0.25) is 9.69 Å². The highest BCUT2D eigenvalue weighted by Crippen LogP contribution is 2.26. The van der Waals surface area contributed by atoms with Crippen LogP contribution in [-0.4, -0.2) is 41.7 Å². The van der Waals surface area contributed by atoms with Crippen LogP contribution in [0.2, 0.25) is 5.02 Å². The largest absolute Gasteiger partial charge is 0.489 e. The van der Waals surface area contributed by atoms with E-state index in [4.69, 9.17) is 26.2 Å². The number of benzene rings is 2. The Kier molecular flexibility index (Phi) is 8.23. The first-order chi connectivity index (χ1) is 12.6. The van der Waals surface area contributed by atoms with E-state index >= 15 is 0 Å². The van der Waals surface area contributed by atoms with Gasteiger partial charge in [0.2, 0.25) is 0 Å². The molecule has 1 N–H and O–H groups in total. The van der Waals surface area contributed by atoms with Crippen LogP contribution in [0.3, 0.4) is 0 Å². The number of halogens is 2. The van der Waals surface area contributed by atoms with E-state index in [9.17, 15) is 4.79 Å². The summed E-state index contributed by atoms with van der Waals surface area (Å²) in [5, 5.41) is 9.38. The second-order valence-corrected chi connectivity index (χ2v) is 6.79. The van der Waals surface area contributed by atoms with E-state index < -0.39 is 5.97 Å². The summed E-state index contributed by atoms with van der Waals surface area (Å²) in [6.45, 7) is 2.59. The molecule has 27 heavy (non-hydrogen) atoms. The number of rotatable bonds is 8. The van der Waals surface area contributed by atoms with Crippen LogP contribution in [-0.2, 0) is 4.79 Å². The fourth-order valence-electron chi connectivity index (χ4n) is 2.97. The Morgan fingerprint density at radius 3 is 2.30 bits per heavy atom. The molecule has 0 radical (unpaired) electrons. The zero-order valence-electron chi connectivity index (χ0n) is 14.8. The van der Waals surface area contributed by atoms with E-state index in [-0.39, 0.29) is 24.9 Å². The summed E-state index contributed by atoms with van der Waals surface area (Å²) in [6.07, 6.45) is 1.99. The fraction of sp³-hybridized carbons (Fsp3) is 0.350. The first kappa shape index (κ1) is 21.4. The average Bonchev–Trinajstić information content (AvgIpc) is 3.06. The molecule has 1 aliphatic rings. The number of nitrogens with zero attached hydrogens (tertiary/aromatic N) is 1. The van der Waals surface area contributed by atoms with Crippen LogP contribution < -0.4 is 9.47 Å². The van der Waals surface area contributed by atoms with E-state index in [1.165, 1.54) is 0 Å². The van der Waals surface area contributed by atoms with E-state index in [0.29, 0.717) is 11.4 Å². The van der Waals surface area contributed by atoms with Crippen molar-refractivity contribution in [2.24, 2.45) is 0 Å². The molecule has 1 atom stereocenters. The molecule has 0 aromatic heterocycles. The summed E-state index contributed by atoms with van der Waals surface area (Å²) in [6, 6.07) is 14.8. The molecule has 0 bridgehead atoms. The van der Waals surface area contributed by atoms with Crippen molar-refractivity contribution in [3.05, 3.63) is 53.6 Å². The highest BCUT2D eigenvalue weighted by atomic mass is 35.5. The van der Waals surface area contributed by atoms with Gasteiger partial charge in [0.15, 0.2) is 0 Å². The molecule has 2 aromatic carbocycles. The maximum Gasteiger partial charge on any atom is 0.303 e. The standard InChI is InChI=1S/C20H22ClNO4.ClH/c21-15-3-5-16(6-4-15)25-17-7-9-18(10-8-17)26-19-11-13-22(14-19)12-1-2-20(23)24;/h3-10,19H,1-2,11-14H2,(H,23,24);1H/t19-;/m1./s1. The normalized spacial score (nSPS) is 16.6. The Labute approximate surface area is 170 Å². The van der Waals surface area contributed by atoms with Crippen molar-refractivity contribution in [1.29, 1.82) is 0 Å². The summed E-state index contributed by atoms with van der Waals surface area (Å²) in [5.74, 6) is 1.54. The van der Waals surface area contributed by atoms with Crippen LogP contribution >= 0.6 is 24.0 Å². The highest BCUT2D eigenvalue weighted by molar-refractivity contribution is 6.30. The summed E-state index contributed by atoms with van der Waals surface area (Å²) >= 11 is 5.87. The smallest absolute Gasteiger partial charge is 0.303 e. The molecule has 0 aliphatic carbocycles. The van der Waals surface area contributed by atoms with Crippen molar-refractivity contribution in [2.75, 3.05) is 19.6 Å². The van der Waals surface area contributed by atoms with Gasteiger partial charge in [-0.25, -0.2) is 0 Å². The summed E-state index contributed by atoms with van der Waals surface area (Å²) in [7, 11) is 0. The molecule has 1 heterocycles. The second-order valence-electron chi connectivity index (χ2n) is 6.35. The first-order valence-corrected chi connectivity index (χ1v) is 9.10. The van der Waals surface area contributed by atoms with E-state index in [2.05, 4.69) is 4.90 Å². The summed E-state index contributed by atoms with van der Waals surface area (Å²) < 4.78 is 11.8. The minimum Gasteiger partial charge on any atom is -0.489 e. The lowest BCUT2D eigenvalue weighted by Crippen LogP contribution is -2.26. The Morgan fingerprint density at radius 1 is 1.07 bits per heavy atom. The minimum absolute atomic E-state index is 0. The van der Waals surface area contributed by atoms with Crippen LogP contribution in [0.5, 0.6) is 17.2 Å². The van der Waals surface area contributed by atoms with E-state index in [0.717, 1.165) is 43.3 Å². The Hall–Kier alpha value is -1.95. The molecule has 0 amide bonds. The Balaban J connectivity index is 0.00000261. The molecule has 1 saturated heterocycles. The molecule has 5 nitrogen and oxygen atoms in total. The maximum atomic E-state index is 10.6. The minimum atomic E-state index is -0.738. The van der Waals surface area contributed by atoms with Gasteiger partial charge in [-0.2, -0.15) is 0 Å². The number of ether oxygens (including phenoxy) is 2. The van der Waals surface area contributed by atoms with Gasteiger partial charge < -0.3 is 14.6 Å². The van der Waals surface area contributed by atoms with Gasteiger partial charge in [-0.05, 0) is 67.9 Å². The maximum absolute atomic E-state index is 10.6. The number of aliphatic carboxylic acids is 1. The third-order valence-corrected chi connectivity index (χ3v) is 4.52. The molecule has 0 spiro atoms. The third-order valence-electron chi connectivity index (χ3n) is 4.27. The fourth-order valence-corrected chi connectivity index (χ4v) is 3.09. The molecule has 7 heteroatoms. The molecule has 1 aliphatic heterocycles. The van der Waals surface area contributed by atoms with Gasteiger partial charge >= 0.3 is 5.97 Å². The van der Waals surface area contributed by atoms with Crippen molar-refractivity contribution in [1.82, 2.24) is 4.90 Å². The lowest BCUT2D eigenvalue weighted by molar-refractivity contribution is -0.137. The third kappa shape index (κ3) is 6.94. The van der Waals surface area contributed by atoms with Crippen LogP contribution in [0.1, 0.15) is 19.3 Å². The SMILES string of the molecule is Cl.O=C(O)CCCN1CC[C@@H](Oc2ccc(Oc3ccc(Cl)cc3)cc2)C1. The number of carboxylic acids is 1. The molecule has 1 fully saturated rings. The van der Waals surface area contributed by atoms with Crippen LogP contribution in [0, 0.1) is 0 Å². The summed E-state index contributed by atoms with van der Waals surface area (Å²) in [4.78, 5) is 12.8. The van der Waals surface area contributed by atoms with E-state index in [1.54, 1.807) is 12.1 Å². The van der Waals surface area contributed by atoms with Gasteiger partial charge in [0.05, 0.1) is 0 Å². The predicted octanol–water partition coefficient (Wildman–Crippen LogP) is 4.87. The number of likely N-dealkylation sites (tertiary alicyclic amines) is 1. The molecule has 0 unspecified atom stereocenters. The van der Waals surface area contributed by atoms with Gasteiger partial charge in [-0.1, -0.05) is 11.6 Å². The lowest BCUT2D eigenvalue weighted by atomic mass is 10.3. The van der Waals surface area contributed by atoms with Crippen molar-refractivity contribution >= 4 is 30.0 Å². The molecule has 0 saturated carbocycles. The summed E-state index contributed by atoms with van der Waals surface area (Å²) in [5.41, 5.74) is 0. The van der Waals surface area contributed by atoms with Gasteiger partial charge in [0.1, 0.15) is 23.4 Å². The Bertz CT molecular complexity index is 722. The molecule has 146 valence electrons. The molecule has 2 aromatic rings. The zero-order chi connectivity index (χ0) is 18.4. The lowest BCUT2D eigenvalue weighted by Gasteiger charge is -2.16. The number of hydrogen-bond acceptors (Lipinski definition) is 4. The van der Waals surface area contributed by atoms with Gasteiger partial charge in [0, 0.05) is 24.5 Å². The highest BCUT2D eigenvalue weighted by Gasteiger charge is 2.23. The van der Waals surface area contributed by atoms with E-state index in [1.807, 2.05) is 36.4 Å². The van der Waals surface area contributed by atoms with Crippen molar-refractivity contribution in [2.45, 2.75) is 25.4 Å². The Morgan fingerprint density at radius 2 is 1.67 bits per heavy atom. The average molecular weight is 412 g/mol. The van der Waals surface area contributed by atoms with Crippen molar-refractivity contribution in [3.63, 3.8) is 0 Å². The van der Waals surface area contributed by atoms with Gasteiger partial charge in [-0.15, -0.1) is 12.4 Å². The second kappa shape index (κ2) is 10.4. The van der Waals surface area contributed by atoms with Crippen molar-refractivity contribution in [3.8, 4) is 17.2 Å². The van der Waals surface area contributed by atoms with Crippen LogP contribution in [0.15, 0.2) is 48.5 Å². The van der Waals surface area contributed by atoms with Crippen LogP contribution in [0.25, 0.3) is 0 Å². The van der Waals surface area contributed by atoms with Crippen molar-refractivity contribution < 1.29 is 19.4 Å². The monoisotopic (exact) mass is 411 g/mol. The molecular formula is C20H23Cl2NO4. The first-order valence-electron chi connectivity index (χ1n) is 8.73. The molecule has 3 rings (SSSR count). The zero-order valence-corrected chi connectivity index (χ0v) is 16.4. The van der Waals surface area contributed by atoms with Crippen LogP contribution in [0.4, 0.5) is 0 Å². The topological polar surface area (TPSA) is 59.0 Å². The molecular weight excluding hydrogens is 389 g/mol. The number of carbonyl (C=O) groups is 1. The van der Waals surface area contributed by atoms with Gasteiger partial charge in [0.25, 0.3) is 0 Å². The number of carboxylic acid groups (broad SMARTS) is 1. The number of hydrogen-bond donors (Lipinski definition) is 1. The predicted molar refractivity (Wildman–Crippen MR) is 108 cm³/mol. The quantitative estimate of drug-likeness (QED) is 0.670.